The van der Waals surface area contributed by atoms with Crippen LogP contribution < -0.4 is 10.3 Å². The molecule has 2 atom stereocenters. The van der Waals surface area contributed by atoms with E-state index in [-0.39, 0.29) is 12.0 Å². The number of morpholine rings is 1. The summed E-state index contributed by atoms with van der Waals surface area (Å²) in [6.45, 7) is 5.02. The number of hydrogen-bond acceptors (Lipinski definition) is 8. The molecule has 0 radical (unpaired) electrons. The van der Waals surface area contributed by atoms with Crippen LogP contribution in [0.15, 0.2) is 77.4 Å². The van der Waals surface area contributed by atoms with Gasteiger partial charge in [-0.3, -0.25) is 10.4 Å². The minimum absolute atomic E-state index is 0.0484. The van der Waals surface area contributed by atoms with Crippen molar-refractivity contribution in [2.45, 2.75) is 13.0 Å². The molecular formula is C25H25N7O2. The van der Waals surface area contributed by atoms with E-state index >= 15 is 0 Å². The van der Waals surface area contributed by atoms with E-state index in [4.69, 9.17) is 19.6 Å². The van der Waals surface area contributed by atoms with Gasteiger partial charge in [0.1, 0.15) is 17.7 Å². The maximum Gasteiger partial charge on any atom is 0.160 e. The molecule has 9 nitrogen and oxygen atoms in total. The molecule has 1 fully saturated rings. The van der Waals surface area contributed by atoms with E-state index in [1.54, 1.807) is 18.6 Å². The number of nitrogens with one attached hydrogen (secondary N) is 1. The van der Waals surface area contributed by atoms with Gasteiger partial charge in [0, 0.05) is 49.1 Å². The van der Waals surface area contributed by atoms with Gasteiger partial charge in [0.05, 0.1) is 25.1 Å². The van der Waals surface area contributed by atoms with Crippen molar-refractivity contribution in [3.8, 4) is 11.3 Å². The van der Waals surface area contributed by atoms with E-state index in [1.165, 1.54) is 5.57 Å². The van der Waals surface area contributed by atoms with Crippen molar-refractivity contribution in [2.75, 3.05) is 36.6 Å². The summed E-state index contributed by atoms with van der Waals surface area (Å²) in [6, 6.07) is 7.84. The average Bonchev–Trinajstić information content (AvgIpc) is 3.46. The van der Waals surface area contributed by atoms with Crippen LogP contribution in [0.4, 0.5) is 11.6 Å². The molecule has 3 aromatic rings. The lowest BCUT2D eigenvalue weighted by Crippen LogP contribution is -2.37. The summed E-state index contributed by atoms with van der Waals surface area (Å²) in [5.74, 6) is 2.64. The summed E-state index contributed by atoms with van der Waals surface area (Å²) in [6.07, 6.45) is 13.6. The van der Waals surface area contributed by atoms with Crippen molar-refractivity contribution >= 4 is 23.5 Å². The number of hydrogen-bond donors (Lipinski definition) is 1. The second kappa shape index (κ2) is 8.75. The molecule has 3 aliphatic rings. The van der Waals surface area contributed by atoms with Gasteiger partial charge in [-0.05, 0) is 30.7 Å². The molecule has 0 aromatic carbocycles. The number of fused-ring (bicyclic) bond motifs is 2. The largest absolute Gasteiger partial charge is 0.484 e. The minimum Gasteiger partial charge on any atom is -0.484 e. The van der Waals surface area contributed by atoms with Gasteiger partial charge in [0.25, 0.3) is 0 Å². The molecule has 1 saturated heterocycles. The fourth-order valence-corrected chi connectivity index (χ4v) is 4.48. The molecule has 2 unspecified atom stereocenters. The van der Waals surface area contributed by atoms with E-state index in [0.717, 1.165) is 41.6 Å². The smallest absolute Gasteiger partial charge is 0.160 e. The zero-order valence-corrected chi connectivity index (χ0v) is 18.8. The van der Waals surface area contributed by atoms with Crippen molar-refractivity contribution in [2.24, 2.45) is 11.0 Å². The molecule has 34 heavy (non-hydrogen) atoms. The SMILES string of the molecule is CC1=C(/C=N/Nc2cc(N3CCOCC3)n3nc(-c4ccncc4)cc3n2)OC2C=CC=CC12. The van der Waals surface area contributed by atoms with Crippen molar-refractivity contribution < 1.29 is 9.47 Å². The van der Waals surface area contributed by atoms with Gasteiger partial charge in [-0.15, -0.1) is 0 Å². The summed E-state index contributed by atoms with van der Waals surface area (Å²) in [4.78, 5) is 11.1. The van der Waals surface area contributed by atoms with E-state index in [0.29, 0.717) is 19.0 Å². The molecule has 172 valence electrons. The predicted octanol–water partition coefficient (Wildman–Crippen LogP) is 3.44. The Hall–Kier alpha value is -3.98. The van der Waals surface area contributed by atoms with E-state index in [2.05, 4.69) is 45.6 Å². The molecule has 5 heterocycles. The number of pyridine rings is 1. The summed E-state index contributed by atoms with van der Waals surface area (Å²) in [5.41, 5.74) is 6.84. The highest BCUT2D eigenvalue weighted by molar-refractivity contribution is 5.79. The fourth-order valence-electron chi connectivity index (χ4n) is 4.48. The molecule has 0 spiro atoms. The quantitative estimate of drug-likeness (QED) is 0.466. The normalized spacial score (nSPS) is 22.0. The topological polar surface area (TPSA) is 89.2 Å². The zero-order valence-electron chi connectivity index (χ0n) is 18.8. The van der Waals surface area contributed by atoms with Crippen LogP contribution in [-0.4, -0.2) is 58.2 Å². The summed E-state index contributed by atoms with van der Waals surface area (Å²) < 4.78 is 13.5. The lowest BCUT2D eigenvalue weighted by molar-refractivity contribution is 0.122. The number of allylic oxidation sites excluding steroid dienone is 3. The van der Waals surface area contributed by atoms with Crippen LogP contribution in [0.3, 0.4) is 0 Å². The number of nitrogens with zero attached hydrogens (tertiary/aromatic N) is 6. The van der Waals surface area contributed by atoms with Crippen LogP contribution in [0, 0.1) is 5.92 Å². The van der Waals surface area contributed by atoms with Gasteiger partial charge in [-0.2, -0.15) is 14.7 Å². The first-order valence-corrected chi connectivity index (χ1v) is 11.4. The Morgan fingerprint density at radius 3 is 2.76 bits per heavy atom. The standard InChI is InChI=1S/C25H25N7O2/c1-17-19-4-2-3-5-21(19)34-22(17)16-27-29-23-15-25(31-10-12-33-13-11-31)32-24(28-23)14-20(30-32)18-6-8-26-9-7-18/h2-9,14-16,19,21H,10-13H2,1H3,(H,28,29)/b27-16+. The monoisotopic (exact) mass is 455 g/mol. The molecule has 3 aromatic heterocycles. The molecule has 0 saturated carbocycles. The number of anilines is 2. The molecule has 0 bridgehead atoms. The van der Waals surface area contributed by atoms with Gasteiger partial charge in [-0.1, -0.05) is 18.2 Å². The summed E-state index contributed by atoms with van der Waals surface area (Å²) in [5, 5.41) is 9.27. The maximum absolute atomic E-state index is 6.05. The second-order valence-corrected chi connectivity index (χ2v) is 8.43. The minimum atomic E-state index is 0.0484. The third-order valence-electron chi connectivity index (χ3n) is 6.32. The molecule has 2 aliphatic heterocycles. The van der Waals surface area contributed by atoms with Gasteiger partial charge in [0.2, 0.25) is 0 Å². The Labute approximate surface area is 197 Å². The van der Waals surface area contributed by atoms with Crippen molar-refractivity contribution in [1.29, 1.82) is 0 Å². The zero-order chi connectivity index (χ0) is 22.9. The first-order valence-electron chi connectivity index (χ1n) is 11.4. The van der Waals surface area contributed by atoms with Crippen LogP contribution in [0.25, 0.3) is 16.9 Å². The third-order valence-corrected chi connectivity index (χ3v) is 6.32. The Bertz CT molecular complexity index is 1320. The van der Waals surface area contributed by atoms with Crippen LogP contribution in [0.5, 0.6) is 0 Å². The molecule has 9 heteroatoms. The highest BCUT2D eigenvalue weighted by Crippen LogP contribution is 2.34. The number of rotatable bonds is 5. The van der Waals surface area contributed by atoms with Crippen LogP contribution >= 0.6 is 0 Å². The van der Waals surface area contributed by atoms with Gasteiger partial charge >= 0.3 is 0 Å². The molecule has 1 N–H and O–H groups in total. The van der Waals surface area contributed by atoms with Gasteiger partial charge in [0.15, 0.2) is 11.5 Å². The predicted molar refractivity (Wildman–Crippen MR) is 131 cm³/mol. The number of aromatic nitrogens is 4. The Kier molecular flexibility index (Phi) is 5.31. The molecule has 1 aliphatic carbocycles. The van der Waals surface area contributed by atoms with E-state index in [1.807, 2.05) is 34.9 Å². The fraction of sp³-hybridized carbons (Fsp3) is 0.280. The first-order chi connectivity index (χ1) is 16.8. The molecular weight excluding hydrogens is 430 g/mol. The van der Waals surface area contributed by atoms with Gasteiger partial charge < -0.3 is 14.4 Å². The number of hydrazone groups is 1. The van der Waals surface area contributed by atoms with Crippen LogP contribution in [-0.2, 0) is 9.47 Å². The summed E-state index contributed by atoms with van der Waals surface area (Å²) >= 11 is 0. The Morgan fingerprint density at radius 1 is 1.12 bits per heavy atom. The highest BCUT2D eigenvalue weighted by Gasteiger charge is 2.31. The lowest BCUT2D eigenvalue weighted by atomic mass is 9.92. The molecule has 0 amide bonds. The van der Waals surface area contributed by atoms with Gasteiger partial charge in [-0.25, -0.2) is 4.98 Å². The Balaban J connectivity index is 1.31. The van der Waals surface area contributed by atoms with Crippen molar-refractivity contribution in [1.82, 2.24) is 19.6 Å². The van der Waals surface area contributed by atoms with E-state index < -0.39 is 0 Å². The highest BCUT2D eigenvalue weighted by atomic mass is 16.5. The maximum atomic E-state index is 6.05. The first kappa shape index (κ1) is 20.6. The Morgan fingerprint density at radius 2 is 1.94 bits per heavy atom. The summed E-state index contributed by atoms with van der Waals surface area (Å²) in [7, 11) is 0. The van der Waals surface area contributed by atoms with Crippen LogP contribution in [0.2, 0.25) is 0 Å². The number of ether oxygens (including phenoxy) is 2. The molecule has 6 rings (SSSR count). The lowest BCUT2D eigenvalue weighted by Gasteiger charge is -2.29. The van der Waals surface area contributed by atoms with E-state index in [9.17, 15) is 0 Å². The average molecular weight is 456 g/mol. The third kappa shape index (κ3) is 3.84. The van der Waals surface area contributed by atoms with Crippen molar-refractivity contribution in [3.05, 3.63) is 72.3 Å². The van der Waals surface area contributed by atoms with Crippen molar-refractivity contribution in [3.63, 3.8) is 0 Å². The van der Waals surface area contributed by atoms with Crippen LogP contribution in [0.1, 0.15) is 6.92 Å². The second-order valence-electron chi connectivity index (χ2n) is 8.43.